The van der Waals surface area contributed by atoms with Gasteiger partial charge in [0, 0.05) is 5.56 Å². The Kier molecular flexibility index (Phi) is 4.10. The van der Waals surface area contributed by atoms with Gasteiger partial charge in [0.25, 0.3) is 0 Å². The lowest BCUT2D eigenvalue weighted by Gasteiger charge is -2.27. The van der Waals surface area contributed by atoms with Gasteiger partial charge in [0.2, 0.25) is 0 Å². The van der Waals surface area contributed by atoms with Crippen LogP contribution in [0.1, 0.15) is 12.0 Å². The van der Waals surface area contributed by atoms with E-state index in [2.05, 4.69) is 16.9 Å². The maximum absolute atomic E-state index is 11.7. The molecule has 0 amide bonds. The third-order valence-corrected chi connectivity index (χ3v) is 3.39. The minimum atomic E-state index is -0.581. The summed E-state index contributed by atoms with van der Waals surface area (Å²) in [4.78, 5) is 24.5. The molecule has 1 saturated heterocycles. The molecule has 0 bridgehead atoms. The number of hydrogen-bond donors (Lipinski definition) is 1. The van der Waals surface area contributed by atoms with Crippen molar-refractivity contribution in [3.8, 4) is 0 Å². The second-order valence-electron chi connectivity index (χ2n) is 4.66. The Labute approximate surface area is 107 Å². The highest BCUT2D eigenvalue weighted by Crippen LogP contribution is 2.06. The van der Waals surface area contributed by atoms with Crippen LogP contribution in [0.15, 0.2) is 30.3 Å². The average Bonchev–Trinajstić information content (AvgIpc) is 2.41. The summed E-state index contributed by atoms with van der Waals surface area (Å²) in [6, 6.07) is 10.1. The molecule has 2 atom stereocenters. The van der Waals surface area contributed by atoms with Crippen LogP contribution in [0.2, 0.25) is 0 Å². The number of ketones is 1. The number of ether oxygens (including phenoxy) is 1. The van der Waals surface area contributed by atoms with E-state index in [1.165, 1.54) is 17.6 Å². The summed E-state index contributed by atoms with van der Waals surface area (Å²) >= 11 is 0. The third kappa shape index (κ3) is 2.96. The fraction of sp³-hybridized carbons (Fsp3) is 0.429. The number of likely N-dealkylation sites (tertiary alicyclic amines) is 1. The Morgan fingerprint density at radius 1 is 1.39 bits per heavy atom. The van der Waals surface area contributed by atoms with Gasteiger partial charge in [0.1, 0.15) is 6.54 Å². The van der Waals surface area contributed by atoms with E-state index in [-0.39, 0.29) is 5.78 Å². The van der Waals surface area contributed by atoms with E-state index in [4.69, 9.17) is 0 Å². The fourth-order valence-corrected chi connectivity index (χ4v) is 2.38. The Morgan fingerprint density at radius 2 is 2.11 bits per heavy atom. The molecular formula is C14H18NO3+. The van der Waals surface area contributed by atoms with Gasteiger partial charge in [-0.2, -0.15) is 0 Å². The molecule has 2 rings (SSSR count). The number of rotatable bonds is 3. The van der Waals surface area contributed by atoms with Crippen LogP contribution in [0.3, 0.4) is 0 Å². The summed E-state index contributed by atoms with van der Waals surface area (Å²) in [5.41, 5.74) is 1.23. The lowest BCUT2D eigenvalue weighted by atomic mass is 9.96. The van der Waals surface area contributed by atoms with Crippen LogP contribution in [0.5, 0.6) is 0 Å². The number of carbonyl (C=O) groups is 2. The van der Waals surface area contributed by atoms with Crippen molar-refractivity contribution in [2.75, 3.05) is 20.2 Å². The van der Waals surface area contributed by atoms with E-state index in [1.807, 2.05) is 18.2 Å². The van der Waals surface area contributed by atoms with Crippen molar-refractivity contribution in [3.63, 3.8) is 0 Å². The van der Waals surface area contributed by atoms with Gasteiger partial charge in [-0.3, -0.25) is 9.59 Å². The zero-order valence-corrected chi connectivity index (χ0v) is 10.5. The minimum absolute atomic E-state index is 0.0126. The molecule has 0 aromatic heterocycles. The van der Waals surface area contributed by atoms with E-state index in [0.29, 0.717) is 13.0 Å². The Bertz CT molecular complexity index is 422. The highest BCUT2D eigenvalue weighted by molar-refractivity contribution is 5.99. The largest absolute Gasteiger partial charge is 0.468 e. The minimum Gasteiger partial charge on any atom is -0.468 e. The molecule has 4 nitrogen and oxygen atoms in total. The summed E-state index contributed by atoms with van der Waals surface area (Å²) < 4.78 is 4.69. The highest BCUT2D eigenvalue weighted by atomic mass is 16.5. The van der Waals surface area contributed by atoms with E-state index in [1.54, 1.807) is 0 Å². The molecule has 1 aliphatic heterocycles. The molecule has 1 aliphatic rings. The van der Waals surface area contributed by atoms with Gasteiger partial charge in [0.15, 0.2) is 11.7 Å². The van der Waals surface area contributed by atoms with Gasteiger partial charge in [-0.25, -0.2) is 0 Å². The molecule has 4 heteroatoms. The van der Waals surface area contributed by atoms with Crippen LogP contribution in [0.25, 0.3) is 0 Å². The lowest BCUT2D eigenvalue weighted by Crippen LogP contribution is -3.13. The molecule has 0 saturated carbocycles. The van der Waals surface area contributed by atoms with Crippen LogP contribution in [-0.2, 0) is 20.9 Å². The maximum atomic E-state index is 11.7. The molecule has 18 heavy (non-hydrogen) atoms. The standard InChI is InChI=1S/C14H17NO3/c1-18-14(17)12-10-15(8-7-13(12)16)9-11-5-3-2-4-6-11/h2-6,12H,7-10H2,1H3/p+1. The highest BCUT2D eigenvalue weighted by Gasteiger charge is 2.36. The van der Waals surface area contributed by atoms with Crippen LogP contribution in [0.4, 0.5) is 0 Å². The summed E-state index contributed by atoms with van der Waals surface area (Å²) in [6.45, 7) is 2.18. The smallest absolute Gasteiger partial charge is 0.322 e. The second kappa shape index (κ2) is 5.78. The van der Waals surface area contributed by atoms with Gasteiger partial charge in [-0.15, -0.1) is 0 Å². The second-order valence-corrected chi connectivity index (χ2v) is 4.66. The van der Waals surface area contributed by atoms with Crippen molar-refractivity contribution in [3.05, 3.63) is 35.9 Å². The number of hydrogen-bond acceptors (Lipinski definition) is 3. The Balaban J connectivity index is 1.99. The first-order valence-electron chi connectivity index (χ1n) is 6.18. The van der Waals surface area contributed by atoms with E-state index in [0.717, 1.165) is 13.1 Å². The van der Waals surface area contributed by atoms with Crippen molar-refractivity contribution in [1.82, 2.24) is 0 Å². The first-order chi connectivity index (χ1) is 8.70. The quantitative estimate of drug-likeness (QED) is 0.597. The zero-order valence-electron chi connectivity index (χ0n) is 10.5. The molecule has 1 aromatic carbocycles. The zero-order chi connectivity index (χ0) is 13.0. The first kappa shape index (κ1) is 12.8. The van der Waals surface area contributed by atoms with Crippen molar-refractivity contribution >= 4 is 11.8 Å². The number of nitrogens with one attached hydrogen (secondary N) is 1. The van der Waals surface area contributed by atoms with E-state index < -0.39 is 11.9 Å². The average molecular weight is 248 g/mol. The summed E-state index contributed by atoms with van der Waals surface area (Å²) in [5, 5.41) is 0. The monoisotopic (exact) mass is 248 g/mol. The van der Waals surface area contributed by atoms with Gasteiger partial charge in [0.05, 0.1) is 26.6 Å². The van der Waals surface area contributed by atoms with Crippen LogP contribution < -0.4 is 4.90 Å². The van der Waals surface area contributed by atoms with Crippen LogP contribution in [-0.4, -0.2) is 32.0 Å². The molecule has 2 unspecified atom stereocenters. The molecule has 1 fully saturated rings. The molecule has 0 radical (unpaired) electrons. The molecule has 1 aromatic rings. The first-order valence-corrected chi connectivity index (χ1v) is 6.18. The predicted molar refractivity (Wildman–Crippen MR) is 66.0 cm³/mol. The lowest BCUT2D eigenvalue weighted by molar-refractivity contribution is -0.917. The van der Waals surface area contributed by atoms with Crippen molar-refractivity contribution in [1.29, 1.82) is 0 Å². The number of piperidine rings is 1. The van der Waals surface area contributed by atoms with Gasteiger partial charge >= 0.3 is 5.97 Å². The molecule has 0 spiro atoms. The SMILES string of the molecule is COC(=O)C1C[NH+](Cc2ccccc2)CCC1=O. The molecule has 0 aliphatic carbocycles. The van der Waals surface area contributed by atoms with Crippen molar-refractivity contribution < 1.29 is 19.2 Å². The number of quaternary nitrogens is 1. The van der Waals surface area contributed by atoms with Crippen LogP contribution in [0, 0.1) is 5.92 Å². The third-order valence-electron chi connectivity index (χ3n) is 3.39. The van der Waals surface area contributed by atoms with E-state index in [9.17, 15) is 9.59 Å². The normalized spacial score (nSPS) is 23.7. The molecular weight excluding hydrogens is 230 g/mol. The number of esters is 1. The molecule has 1 N–H and O–H groups in total. The van der Waals surface area contributed by atoms with Crippen molar-refractivity contribution in [2.45, 2.75) is 13.0 Å². The number of Topliss-reactive ketones (excluding diaryl/α,β-unsaturated/α-hetero) is 1. The summed E-state index contributed by atoms with van der Waals surface area (Å²) in [6.07, 6.45) is 0.460. The van der Waals surface area contributed by atoms with Crippen LogP contribution >= 0.6 is 0 Å². The summed E-state index contributed by atoms with van der Waals surface area (Å²) in [7, 11) is 1.33. The number of methoxy groups -OCH3 is 1. The van der Waals surface area contributed by atoms with Gasteiger partial charge in [-0.1, -0.05) is 30.3 Å². The van der Waals surface area contributed by atoms with Crippen molar-refractivity contribution in [2.24, 2.45) is 5.92 Å². The topological polar surface area (TPSA) is 47.8 Å². The van der Waals surface area contributed by atoms with Gasteiger partial charge in [-0.05, 0) is 0 Å². The van der Waals surface area contributed by atoms with E-state index >= 15 is 0 Å². The predicted octanol–water partition coefficient (Wildman–Crippen LogP) is -0.166. The maximum Gasteiger partial charge on any atom is 0.322 e. The number of benzene rings is 1. The summed E-state index contributed by atoms with van der Waals surface area (Å²) in [5.74, 6) is -0.966. The fourth-order valence-electron chi connectivity index (χ4n) is 2.38. The Morgan fingerprint density at radius 3 is 2.78 bits per heavy atom. The Hall–Kier alpha value is -1.68. The van der Waals surface area contributed by atoms with Gasteiger partial charge < -0.3 is 9.64 Å². The molecule has 96 valence electrons. The molecule has 1 heterocycles. The number of carbonyl (C=O) groups excluding carboxylic acids is 2.